The summed E-state index contributed by atoms with van der Waals surface area (Å²) in [6, 6.07) is 8.95. The second-order valence-corrected chi connectivity index (χ2v) is 8.86. The molecule has 182 valence electrons. The summed E-state index contributed by atoms with van der Waals surface area (Å²) < 4.78 is 63.3. The van der Waals surface area contributed by atoms with E-state index in [-0.39, 0.29) is 18.2 Å². The van der Waals surface area contributed by atoms with Crippen LogP contribution in [0.3, 0.4) is 0 Å². The minimum atomic E-state index is -5.08. The number of hydrogen-bond donors (Lipinski definition) is 2. The number of benzene rings is 1. The Kier molecular flexibility index (Phi) is 11.6. The number of carbonyl (C=O) groups is 2. The molecule has 0 saturated carbocycles. The summed E-state index contributed by atoms with van der Waals surface area (Å²) >= 11 is 0. The third-order valence-corrected chi connectivity index (χ3v) is 6.27. The first-order valence-electron chi connectivity index (χ1n) is 9.81. The van der Waals surface area contributed by atoms with Crippen LogP contribution in [0.5, 0.6) is 0 Å². The highest BCUT2D eigenvalue weighted by Gasteiger charge is 2.38. The number of piperazine rings is 1. The van der Waals surface area contributed by atoms with Gasteiger partial charge in [-0.05, 0) is 18.6 Å². The summed E-state index contributed by atoms with van der Waals surface area (Å²) in [5, 5.41) is 10.3. The second kappa shape index (κ2) is 13.4. The highest BCUT2D eigenvalue weighted by atomic mass is 32.2. The monoisotopic (exact) mass is 483 g/mol. The lowest BCUT2D eigenvalue weighted by Crippen LogP contribution is -2.48. The zero-order chi connectivity index (χ0) is 24.2. The Morgan fingerprint density at radius 1 is 1.16 bits per heavy atom. The first-order valence-corrected chi connectivity index (χ1v) is 11.4. The Labute approximate surface area is 185 Å². The van der Waals surface area contributed by atoms with Crippen molar-refractivity contribution in [2.45, 2.75) is 12.6 Å². The van der Waals surface area contributed by atoms with Gasteiger partial charge in [0, 0.05) is 58.5 Å². The van der Waals surface area contributed by atoms with E-state index >= 15 is 0 Å². The number of amides is 1. The number of halogens is 3. The zero-order valence-electron chi connectivity index (χ0n) is 17.7. The molecule has 0 spiro atoms. The largest absolute Gasteiger partial charge is 0.490 e. The van der Waals surface area contributed by atoms with Crippen molar-refractivity contribution in [1.29, 1.82) is 0 Å². The van der Waals surface area contributed by atoms with E-state index < -0.39 is 22.2 Å². The molecule has 32 heavy (non-hydrogen) atoms. The molecule has 1 saturated heterocycles. The van der Waals surface area contributed by atoms with E-state index in [1.165, 1.54) is 4.31 Å². The van der Waals surface area contributed by atoms with Crippen LogP contribution < -0.4 is 5.32 Å². The zero-order valence-corrected chi connectivity index (χ0v) is 18.5. The summed E-state index contributed by atoms with van der Waals surface area (Å²) in [7, 11) is -1.75. The van der Waals surface area contributed by atoms with Crippen molar-refractivity contribution in [3.05, 3.63) is 35.9 Å². The molecule has 13 heteroatoms. The number of aliphatic carboxylic acids is 1. The third kappa shape index (κ3) is 9.94. The number of rotatable bonds is 9. The normalized spacial score (nSPS) is 14.9. The molecule has 1 aliphatic rings. The maximum Gasteiger partial charge on any atom is 0.490 e. The molecular formula is C19H28F3N3O6S. The molecule has 0 atom stereocenters. The van der Waals surface area contributed by atoms with E-state index in [1.807, 2.05) is 6.07 Å². The van der Waals surface area contributed by atoms with E-state index in [9.17, 15) is 26.4 Å². The Morgan fingerprint density at radius 3 is 2.22 bits per heavy atom. The van der Waals surface area contributed by atoms with Gasteiger partial charge in [0.1, 0.15) is 0 Å². The molecule has 1 aliphatic heterocycles. The van der Waals surface area contributed by atoms with Crippen LogP contribution in [0.4, 0.5) is 13.2 Å². The molecule has 1 aromatic rings. The van der Waals surface area contributed by atoms with Gasteiger partial charge < -0.3 is 20.1 Å². The number of hydrogen-bond acceptors (Lipinski definition) is 6. The lowest BCUT2D eigenvalue weighted by atomic mass is 10.2. The van der Waals surface area contributed by atoms with E-state index in [4.69, 9.17) is 14.6 Å². The fourth-order valence-corrected chi connectivity index (χ4v) is 4.20. The number of carbonyl (C=O) groups excluding carboxylic acids is 1. The van der Waals surface area contributed by atoms with Crippen molar-refractivity contribution >= 4 is 21.9 Å². The summed E-state index contributed by atoms with van der Waals surface area (Å²) in [6.07, 6.45) is -4.41. The smallest absolute Gasteiger partial charge is 0.475 e. The molecule has 2 N–H and O–H groups in total. The molecular weight excluding hydrogens is 455 g/mol. The SMILES string of the molecule is COCCCN(CCS(=O)(=O)N1CCNCC1)C(=O)c1ccccc1.O=C(O)C(F)(F)F. The van der Waals surface area contributed by atoms with Crippen molar-refractivity contribution < 1.29 is 41.0 Å². The van der Waals surface area contributed by atoms with Gasteiger partial charge in [-0.3, -0.25) is 4.79 Å². The fraction of sp³-hybridized carbons (Fsp3) is 0.579. The van der Waals surface area contributed by atoms with Crippen LogP contribution in [0.2, 0.25) is 0 Å². The number of methoxy groups -OCH3 is 1. The Morgan fingerprint density at radius 2 is 1.72 bits per heavy atom. The van der Waals surface area contributed by atoms with Crippen LogP contribution in [0.1, 0.15) is 16.8 Å². The molecule has 1 aromatic carbocycles. The van der Waals surface area contributed by atoms with Gasteiger partial charge in [-0.25, -0.2) is 13.2 Å². The molecule has 0 radical (unpaired) electrons. The minimum absolute atomic E-state index is 0.0570. The van der Waals surface area contributed by atoms with E-state index in [0.29, 0.717) is 51.3 Å². The van der Waals surface area contributed by atoms with Crippen LogP contribution in [-0.2, 0) is 19.6 Å². The molecule has 9 nitrogen and oxygen atoms in total. The number of carboxylic acids is 1. The first kappa shape index (κ1) is 27.8. The molecule has 2 rings (SSSR count). The fourth-order valence-electron chi connectivity index (χ4n) is 2.76. The van der Waals surface area contributed by atoms with Crippen LogP contribution in [0, 0.1) is 0 Å². The van der Waals surface area contributed by atoms with Gasteiger partial charge in [0.25, 0.3) is 5.91 Å². The minimum Gasteiger partial charge on any atom is -0.475 e. The van der Waals surface area contributed by atoms with Crippen LogP contribution in [-0.4, -0.2) is 99.5 Å². The van der Waals surface area contributed by atoms with Gasteiger partial charge in [-0.2, -0.15) is 17.5 Å². The lowest BCUT2D eigenvalue weighted by Gasteiger charge is -2.28. The predicted molar refractivity (Wildman–Crippen MR) is 111 cm³/mol. The number of nitrogens with zero attached hydrogens (tertiary/aromatic N) is 2. The Bertz CT molecular complexity index is 815. The van der Waals surface area contributed by atoms with Gasteiger partial charge in [0.2, 0.25) is 10.0 Å². The van der Waals surface area contributed by atoms with E-state index in [2.05, 4.69) is 5.32 Å². The standard InChI is InChI=1S/C17H27N3O4S.C2HF3O2/c1-24-14-5-10-19(17(21)16-6-3-2-4-7-16)13-15-25(22,23)20-11-8-18-9-12-20;3-2(4,5)1(6)7/h2-4,6-7,18H,5,8-15H2,1H3;(H,6,7). The van der Waals surface area contributed by atoms with Crippen LogP contribution in [0.15, 0.2) is 30.3 Å². The molecule has 1 fully saturated rings. The summed E-state index contributed by atoms with van der Waals surface area (Å²) in [5.41, 5.74) is 0.569. The van der Waals surface area contributed by atoms with Crippen molar-refractivity contribution in [3.63, 3.8) is 0 Å². The van der Waals surface area contributed by atoms with E-state index in [1.54, 1.807) is 36.3 Å². The van der Waals surface area contributed by atoms with Gasteiger partial charge >= 0.3 is 12.1 Å². The second-order valence-electron chi connectivity index (χ2n) is 6.77. The summed E-state index contributed by atoms with van der Waals surface area (Å²) in [4.78, 5) is 23.2. The first-order chi connectivity index (χ1) is 15.0. The van der Waals surface area contributed by atoms with E-state index in [0.717, 1.165) is 0 Å². The number of nitrogens with one attached hydrogen (secondary N) is 1. The summed E-state index contributed by atoms with van der Waals surface area (Å²) in [5.74, 6) is -2.96. The molecule has 1 amide bonds. The quantitative estimate of drug-likeness (QED) is 0.504. The Balaban J connectivity index is 0.000000633. The van der Waals surface area contributed by atoms with Gasteiger partial charge in [-0.1, -0.05) is 18.2 Å². The molecule has 0 aliphatic carbocycles. The number of carboxylic acid groups (broad SMARTS) is 1. The highest BCUT2D eigenvalue weighted by Crippen LogP contribution is 2.13. The van der Waals surface area contributed by atoms with Gasteiger partial charge in [-0.15, -0.1) is 0 Å². The van der Waals surface area contributed by atoms with Crippen molar-refractivity contribution in [3.8, 4) is 0 Å². The predicted octanol–water partition coefficient (Wildman–Crippen LogP) is 1.03. The maximum absolute atomic E-state index is 12.7. The van der Waals surface area contributed by atoms with Crippen LogP contribution >= 0.6 is 0 Å². The number of sulfonamides is 1. The van der Waals surface area contributed by atoms with Gasteiger partial charge in [0.15, 0.2) is 0 Å². The average molecular weight is 484 g/mol. The number of ether oxygens (including phenoxy) is 1. The van der Waals surface area contributed by atoms with Crippen molar-refractivity contribution in [2.75, 3.05) is 58.7 Å². The molecule has 0 unspecified atom stereocenters. The topological polar surface area (TPSA) is 116 Å². The molecule has 0 aromatic heterocycles. The van der Waals surface area contributed by atoms with Crippen molar-refractivity contribution in [1.82, 2.24) is 14.5 Å². The van der Waals surface area contributed by atoms with Gasteiger partial charge in [0.05, 0.1) is 5.75 Å². The van der Waals surface area contributed by atoms with Crippen LogP contribution in [0.25, 0.3) is 0 Å². The third-order valence-electron chi connectivity index (χ3n) is 4.42. The van der Waals surface area contributed by atoms with Crippen molar-refractivity contribution in [2.24, 2.45) is 0 Å². The number of alkyl halides is 3. The highest BCUT2D eigenvalue weighted by molar-refractivity contribution is 7.89. The maximum atomic E-state index is 12.7. The molecule has 0 bridgehead atoms. The summed E-state index contributed by atoms with van der Waals surface area (Å²) in [6.45, 7) is 3.49. The Hall–Kier alpha value is -2.22. The average Bonchev–Trinajstić information content (AvgIpc) is 2.76. The lowest BCUT2D eigenvalue weighted by molar-refractivity contribution is -0.192. The molecule has 1 heterocycles.